The van der Waals surface area contributed by atoms with Crippen LogP contribution in [0.1, 0.15) is 76.9 Å². The molecule has 0 spiro atoms. The van der Waals surface area contributed by atoms with Gasteiger partial charge in [0.05, 0.1) is 0 Å². The standard InChI is InChI=1S/C19H30O2/c1-3-5-6-7-8-10-13-17(4-2)19(21-16-20)18-14-11-9-12-15-18/h9,11-12,14-17,19H,3-8,10,13H2,1-2H3. The van der Waals surface area contributed by atoms with Gasteiger partial charge in [0.1, 0.15) is 6.10 Å². The molecule has 0 N–H and O–H groups in total. The number of rotatable bonds is 12. The monoisotopic (exact) mass is 290 g/mol. The van der Waals surface area contributed by atoms with Crippen LogP contribution in [0.25, 0.3) is 0 Å². The maximum atomic E-state index is 10.8. The van der Waals surface area contributed by atoms with E-state index in [2.05, 4.69) is 26.0 Å². The Morgan fingerprint density at radius 3 is 2.29 bits per heavy atom. The van der Waals surface area contributed by atoms with Crippen molar-refractivity contribution in [2.45, 2.75) is 71.3 Å². The Bertz CT molecular complexity index is 361. The van der Waals surface area contributed by atoms with Crippen molar-refractivity contribution in [1.29, 1.82) is 0 Å². The number of ether oxygens (including phenoxy) is 1. The SMILES string of the molecule is CCCCCCCCC(CC)C(OC=O)c1ccccc1. The molecule has 0 fully saturated rings. The molecule has 2 nitrogen and oxygen atoms in total. The lowest BCUT2D eigenvalue weighted by Crippen LogP contribution is -2.15. The number of benzene rings is 1. The predicted octanol–water partition coefficient (Wildman–Crippen LogP) is 5.68. The van der Waals surface area contributed by atoms with E-state index in [9.17, 15) is 4.79 Å². The van der Waals surface area contributed by atoms with Crippen molar-refractivity contribution in [3.05, 3.63) is 35.9 Å². The maximum Gasteiger partial charge on any atom is 0.293 e. The maximum absolute atomic E-state index is 10.8. The van der Waals surface area contributed by atoms with Crippen LogP contribution in [0.15, 0.2) is 30.3 Å². The lowest BCUT2D eigenvalue weighted by Gasteiger charge is -2.25. The van der Waals surface area contributed by atoms with Gasteiger partial charge in [-0.1, -0.05) is 82.7 Å². The summed E-state index contributed by atoms with van der Waals surface area (Å²) in [5, 5.41) is 0. The van der Waals surface area contributed by atoms with Crippen LogP contribution >= 0.6 is 0 Å². The predicted molar refractivity (Wildman–Crippen MR) is 88.1 cm³/mol. The minimum absolute atomic E-state index is 0.0932. The molecule has 0 aliphatic carbocycles. The fourth-order valence-corrected chi connectivity index (χ4v) is 2.92. The topological polar surface area (TPSA) is 26.3 Å². The average molecular weight is 290 g/mol. The third kappa shape index (κ3) is 6.79. The van der Waals surface area contributed by atoms with E-state index < -0.39 is 0 Å². The van der Waals surface area contributed by atoms with E-state index in [0.717, 1.165) is 18.4 Å². The fourth-order valence-electron chi connectivity index (χ4n) is 2.92. The molecule has 2 heteroatoms. The van der Waals surface area contributed by atoms with Crippen LogP contribution in [0.4, 0.5) is 0 Å². The zero-order chi connectivity index (χ0) is 15.3. The molecule has 21 heavy (non-hydrogen) atoms. The molecule has 0 aromatic heterocycles. The summed E-state index contributed by atoms with van der Waals surface area (Å²) >= 11 is 0. The Morgan fingerprint density at radius 2 is 1.67 bits per heavy atom. The number of hydrogen-bond donors (Lipinski definition) is 0. The molecule has 0 saturated heterocycles. The summed E-state index contributed by atoms with van der Waals surface area (Å²) in [7, 11) is 0. The molecule has 0 amide bonds. The number of carbonyl (C=O) groups is 1. The first kappa shape index (κ1) is 17.7. The van der Waals surface area contributed by atoms with Crippen molar-refractivity contribution in [2.24, 2.45) is 5.92 Å². The molecule has 0 aliphatic rings. The molecule has 0 aliphatic heterocycles. The zero-order valence-electron chi connectivity index (χ0n) is 13.6. The smallest absolute Gasteiger partial charge is 0.293 e. The summed E-state index contributed by atoms with van der Waals surface area (Å²) in [6.45, 7) is 5.03. The molecule has 0 saturated carbocycles. The number of hydrogen-bond acceptors (Lipinski definition) is 2. The van der Waals surface area contributed by atoms with Gasteiger partial charge in [0.15, 0.2) is 0 Å². The Labute approximate surface area is 129 Å². The summed E-state index contributed by atoms with van der Waals surface area (Å²) in [6.07, 6.45) is 9.92. The highest BCUT2D eigenvalue weighted by atomic mass is 16.5. The Kier molecular flexibility index (Phi) is 9.60. The zero-order valence-corrected chi connectivity index (χ0v) is 13.6. The lowest BCUT2D eigenvalue weighted by atomic mass is 9.88. The van der Waals surface area contributed by atoms with Gasteiger partial charge in [-0.15, -0.1) is 0 Å². The molecule has 1 rings (SSSR count). The highest BCUT2D eigenvalue weighted by molar-refractivity contribution is 5.38. The third-order valence-corrected chi connectivity index (χ3v) is 4.21. The van der Waals surface area contributed by atoms with Crippen LogP contribution in [0, 0.1) is 5.92 Å². The Balaban J connectivity index is 2.48. The van der Waals surface area contributed by atoms with Crippen LogP contribution in [-0.4, -0.2) is 6.47 Å². The first-order valence-corrected chi connectivity index (χ1v) is 8.47. The second kappa shape index (κ2) is 11.4. The third-order valence-electron chi connectivity index (χ3n) is 4.21. The van der Waals surface area contributed by atoms with Gasteiger partial charge >= 0.3 is 0 Å². The van der Waals surface area contributed by atoms with E-state index in [4.69, 9.17) is 4.74 Å². The van der Waals surface area contributed by atoms with E-state index in [1.165, 1.54) is 38.5 Å². The van der Waals surface area contributed by atoms with Crippen LogP contribution in [0.5, 0.6) is 0 Å². The average Bonchev–Trinajstić information content (AvgIpc) is 2.53. The van der Waals surface area contributed by atoms with Gasteiger partial charge in [-0.2, -0.15) is 0 Å². The van der Waals surface area contributed by atoms with Gasteiger partial charge in [-0.25, -0.2) is 0 Å². The van der Waals surface area contributed by atoms with Gasteiger partial charge < -0.3 is 4.74 Å². The normalized spacial score (nSPS) is 13.6. The first-order valence-electron chi connectivity index (χ1n) is 8.47. The number of unbranched alkanes of at least 4 members (excludes halogenated alkanes) is 5. The minimum Gasteiger partial charge on any atom is -0.459 e. The Morgan fingerprint density at radius 1 is 1.00 bits per heavy atom. The van der Waals surface area contributed by atoms with Crippen molar-refractivity contribution in [3.63, 3.8) is 0 Å². The van der Waals surface area contributed by atoms with Gasteiger partial charge in [-0.05, 0) is 24.3 Å². The van der Waals surface area contributed by atoms with Gasteiger partial charge in [0.2, 0.25) is 0 Å². The molecule has 2 atom stereocenters. The molecule has 0 radical (unpaired) electrons. The van der Waals surface area contributed by atoms with Gasteiger partial charge in [-0.3, -0.25) is 4.79 Å². The van der Waals surface area contributed by atoms with Gasteiger partial charge in [0, 0.05) is 0 Å². The molecular formula is C19H30O2. The molecule has 1 aromatic carbocycles. The minimum atomic E-state index is -0.0932. The summed E-state index contributed by atoms with van der Waals surface area (Å²) in [5.74, 6) is 0.420. The van der Waals surface area contributed by atoms with E-state index in [1.807, 2.05) is 18.2 Å². The van der Waals surface area contributed by atoms with E-state index >= 15 is 0 Å². The highest BCUT2D eigenvalue weighted by Gasteiger charge is 2.22. The van der Waals surface area contributed by atoms with Crippen LogP contribution in [0.3, 0.4) is 0 Å². The fraction of sp³-hybridized carbons (Fsp3) is 0.632. The van der Waals surface area contributed by atoms with Crippen LogP contribution in [-0.2, 0) is 9.53 Å². The van der Waals surface area contributed by atoms with Crippen molar-refractivity contribution < 1.29 is 9.53 Å². The summed E-state index contributed by atoms with van der Waals surface area (Å²) in [5.41, 5.74) is 1.11. The number of carbonyl (C=O) groups excluding carboxylic acids is 1. The van der Waals surface area contributed by atoms with Crippen molar-refractivity contribution >= 4 is 6.47 Å². The molecule has 1 aromatic rings. The van der Waals surface area contributed by atoms with E-state index in [-0.39, 0.29) is 6.10 Å². The summed E-state index contributed by atoms with van der Waals surface area (Å²) in [4.78, 5) is 10.8. The molecule has 0 bridgehead atoms. The molecule has 2 unspecified atom stereocenters. The quantitative estimate of drug-likeness (QED) is 0.366. The highest BCUT2D eigenvalue weighted by Crippen LogP contribution is 2.32. The van der Waals surface area contributed by atoms with Crippen molar-refractivity contribution in [1.82, 2.24) is 0 Å². The lowest BCUT2D eigenvalue weighted by molar-refractivity contribution is -0.137. The first-order chi connectivity index (χ1) is 10.3. The van der Waals surface area contributed by atoms with Crippen LogP contribution in [0.2, 0.25) is 0 Å². The summed E-state index contributed by atoms with van der Waals surface area (Å²) < 4.78 is 5.40. The van der Waals surface area contributed by atoms with Crippen LogP contribution < -0.4 is 0 Å². The molecule has 118 valence electrons. The van der Waals surface area contributed by atoms with E-state index in [1.54, 1.807) is 0 Å². The summed E-state index contributed by atoms with van der Waals surface area (Å²) in [6, 6.07) is 10.1. The van der Waals surface area contributed by atoms with Crippen molar-refractivity contribution in [2.75, 3.05) is 0 Å². The second-order valence-corrected chi connectivity index (χ2v) is 5.79. The largest absolute Gasteiger partial charge is 0.459 e. The second-order valence-electron chi connectivity index (χ2n) is 5.79. The van der Waals surface area contributed by atoms with Gasteiger partial charge in [0.25, 0.3) is 6.47 Å². The molecular weight excluding hydrogens is 260 g/mol. The Hall–Kier alpha value is -1.31. The van der Waals surface area contributed by atoms with Crippen molar-refractivity contribution in [3.8, 4) is 0 Å². The van der Waals surface area contributed by atoms with E-state index in [0.29, 0.717) is 12.4 Å². The molecule has 0 heterocycles.